The monoisotopic (exact) mass is 201 g/mol. The third-order valence-corrected chi connectivity index (χ3v) is 1.90. The Balaban J connectivity index is 2.96. The molecular formula is C8H12ClN3O. The maximum absolute atomic E-state index is 11.2. The molecule has 13 heavy (non-hydrogen) atoms. The molecule has 0 spiro atoms. The standard InChI is InChI=1S/C8H12ClN3O/c1-2-3-12-5-6(9)4-7(12)8(13)11-10/h4-5H,2-3,10H2,1H3,(H,11,13). The van der Waals surface area contributed by atoms with Crippen molar-refractivity contribution in [1.82, 2.24) is 9.99 Å². The predicted octanol–water partition coefficient (Wildman–Crippen LogP) is 1.15. The summed E-state index contributed by atoms with van der Waals surface area (Å²) in [6.45, 7) is 2.79. The highest BCUT2D eigenvalue weighted by Crippen LogP contribution is 2.14. The van der Waals surface area contributed by atoms with E-state index >= 15 is 0 Å². The second-order valence-electron chi connectivity index (χ2n) is 2.71. The van der Waals surface area contributed by atoms with Gasteiger partial charge in [-0.15, -0.1) is 0 Å². The van der Waals surface area contributed by atoms with Gasteiger partial charge < -0.3 is 4.57 Å². The lowest BCUT2D eigenvalue weighted by atomic mass is 10.4. The SMILES string of the molecule is CCCn1cc(Cl)cc1C(=O)NN. The van der Waals surface area contributed by atoms with Gasteiger partial charge in [0.2, 0.25) is 0 Å². The zero-order chi connectivity index (χ0) is 9.84. The molecular weight excluding hydrogens is 190 g/mol. The molecule has 0 aliphatic carbocycles. The normalized spacial score (nSPS) is 10.1. The molecule has 0 fully saturated rings. The molecule has 0 atom stereocenters. The fourth-order valence-electron chi connectivity index (χ4n) is 1.17. The van der Waals surface area contributed by atoms with Crippen LogP contribution in [0.1, 0.15) is 23.8 Å². The summed E-state index contributed by atoms with van der Waals surface area (Å²) in [5, 5.41) is 0.548. The number of amides is 1. The van der Waals surface area contributed by atoms with E-state index in [1.807, 2.05) is 6.92 Å². The van der Waals surface area contributed by atoms with Crippen molar-refractivity contribution in [2.45, 2.75) is 19.9 Å². The molecule has 0 aromatic carbocycles. The van der Waals surface area contributed by atoms with Crippen molar-refractivity contribution in [2.75, 3.05) is 0 Å². The van der Waals surface area contributed by atoms with Crippen LogP contribution in [-0.4, -0.2) is 10.5 Å². The van der Waals surface area contributed by atoms with Crippen LogP contribution in [0.5, 0.6) is 0 Å². The second kappa shape index (κ2) is 4.30. The van der Waals surface area contributed by atoms with Gasteiger partial charge in [0.15, 0.2) is 0 Å². The van der Waals surface area contributed by atoms with Crippen molar-refractivity contribution in [3.63, 3.8) is 0 Å². The van der Waals surface area contributed by atoms with E-state index in [-0.39, 0.29) is 5.91 Å². The Labute approximate surface area is 81.6 Å². The number of carbonyl (C=O) groups excluding carboxylic acids is 1. The highest BCUT2D eigenvalue weighted by atomic mass is 35.5. The van der Waals surface area contributed by atoms with E-state index in [4.69, 9.17) is 17.4 Å². The number of hydrogen-bond donors (Lipinski definition) is 2. The van der Waals surface area contributed by atoms with Crippen LogP contribution in [0, 0.1) is 0 Å². The molecule has 1 heterocycles. The third-order valence-electron chi connectivity index (χ3n) is 1.69. The van der Waals surface area contributed by atoms with Crippen LogP contribution < -0.4 is 11.3 Å². The van der Waals surface area contributed by atoms with Crippen LogP contribution in [0.15, 0.2) is 12.3 Å². The Bertz CT molecular complexity index is 308. The first-order valence-corrected chi connectivity index (χ1v) is 4.43. The topological polar surface area (TPSA) is 60.0 Å². The molecule has 4 nitrogen and oxygen atoms in total. The maximum Gasteiger partial charge on any atom is 0.281 e. The molecule has 1 aromatic rings. The molecule has 0 saturated heterocycles. The Kier molecular flexibility index (Phi) is 3.33. The molecule has 0 saturated carbocycles. The minimum absolute atomic E-state index is 0.319. The summed E-state index contributed by atoms with van der Waals surface area (Å²) in [6.07, 6.45) is 2.66. The van der Waals surface area contributed by atoms with Gasteiger partial charge in [-0.2, -0.15) is 0 Å². The molecule has 3 N–H and O–H groups in total. The molecule has 0 aliphatic rings. The first-order chi connectivity index (χ1) is 6.19. The smallest absolute Gasteiger partial charge is 0.281 e. The number of halogens is 1. The molecule has 1 amide bonds. The first kappa shape index (κ1) is 10.1. The van der Waals surface area contributed by atoms with Gasteiger partial charge in [0.05, 0.1) is 5.02 Å². The van der Waals surface area contributed by atoms with E-state index in [1.54, 1.807) is 16.8 Å². The zero-order valence-corrected chi connectivity index (χ0v) is 8.14. The first-order valence-electron chi connectivity index (χ1n) is 4.05. The summed E-state index contributed by atoms with van der Waals surface area (Å²) in [5.41, 5.74) is 2.57. The molecule has 1 aromatic heterocycles. The molecule has 0 aliphatic heterocycles. The number of nitrogens with two attached hydrogens (primary N) is 1. The van der Waals surface area contributed by atoms with Gasteiger partial charge in [-0.05, 0) is 12.5 Å². The van der Waals surface area contributed by atoms with E-state index < -0.39 is 0 Å². The van der Waals surface area contributed by atoms with Crippen LogP contribution in [0.25, 0.3) is 0 Å². The fourth-order valence-corrected chi connectivity index (χ4v) is 1.39. The van der Waals surface area contributed by atoms with E-state index in [0.717, 1.165) is 13.0 Å². The van der Waals surface area contributed by atoms with E-state index in [1.165, 1.54) is 0 Å². The molecule has 1 rings (SSSR count). The number of hydrogen-bond acceptors (Lipinski definition) is 2. The lowest BCUT2D eigenvalue weighted by Crippen LogP contribution is -2.31. The van der Waals surface area contributed by atoms with Crippen molar-refractivity contribution < 1.29 is 4.79 Å². The number of nitrogens with zero attached hydrogens (tertiary/aromatic N) is 1. The van der Waals surface area contributed by atoms with Gasteiger partial charge in [-0.25, -0.2) is 5.84 Å². The molecule has 0 unspecified atom stereocenters. The van der Waals surface area contributed by atoms with Gasteiger partial charge in [0.25, 0.3) is 5.91 Å². The van der Waals surface area contributed by atoms with E-state index in [9.17, 15) is 4.79 Å². The number of rotatable bonds is 3. The highest BCUT2D eigenvalue weighted by Gasteiger charge is 2.10. The van der Waals surface area contributed by atoms with Gasteiger partial charge in [0.1, 0.15) is 5.69 Å². The second-order valence-corrected chi connectivity index (χ2v) is 3.15. The number of hydrazine groups is 1. The third kappa shape index (κ3) is 2.23. The Morgan fingerprint density at radius 3 is 3.00 bits per heavy atom. The fraction of sp³-hybridized carbons (Fsp3) is 0.375. The summed E-state index contributed by atoms with van der Waals surface area (Å²) in [7, 11) is 0. The van der Waals surface area contributed by atoms with Crippen LogP contribution in [0.2, 0.25) is 5.02 Å². The van der Waals surface area contributed by atoms with Crippen molar-refractivity contribution in [2.24, 2.45) is 5.84 Å². The number of carbonyl (C=O) groups is 1. The summed E-state index contributed by atoms with van der Waals surface area (Å²) >= 11 is 5.76. The van der Waals surface area contributed by atoms with Crippen LogP contribution in [0.4, 0.5) is 0 Å². The van der Waals surface area contributed by atoms with Crippen LogP contribution in [-0.2, 0) is 6.54 Å². The van der Waals surface area contributed by atoms with Gasteiger partial charge in [-0.3, -0.25) is 10.2 Å². The lowest BCUT2D eigenvalue weighted by molar-refractivity contribution is 0.0944. The number of aryl methyl sites for hydroxylation is 1. The van der Waals surface area contributed by atoms with Crippen LogP contribution >= 0.6 is 11.6 Å². The summed E-state index contributed by atoms with van der Waals surface area (Å²) in [4.78, 5) is 11.2. The molecule has 72 valence electrons. The van der Waals surface area contributed by atoms with Gasteiger partial charge in [-0.1, -0.05) is 18.5 Å². The summed E-state index contributed by atoms with van der Waals surface area (Å²) in [5.74, 6) is 4.70. The minimum atomic E-state index is -0.319. The predicted molar refractivity (Wildman–Crippen MR) is 51.4 cm³/mol. The molecule has 5 heteroatoms. The van der Waals surface area contributed by atoms with Crippen molar-refractivity contribution in [1.29, 1.82) is 0 Å². The average Bonchev–Trinajstić information content (AvgIpc) is 2.46. The Morgan fingerprint density at radius 1 is 1.77 bits per heavy atom. The Morgan fingerprint density at radius 2 is 2.46 bits per heavy atom. The van der Waals surface area contributed by atoms with Gasteiger partial charge >= 0.3 is 0 Å². The molecule has 0 bridgehead atoms. The molecule has 0 radical (unpaired) electrons. The summed E-state index contributed by atoms with van der Waals surface area (Å²) < 4.78 is 1.78. The van der Waals surface area contributed by atoms with Crippen LogP contribution in [0.3, 0.4) is 0 Å². The van der Waals surface area contributed by atoms with Crippen molar-refractivity contribution >= 4 is 17.5 Å². The largest absolute Gasteiger partial charge is 0.342 e. The van der Waals surface area contributed by atoms with E-state index in [2.05, 4.69) is 5.43 Å². The lowest BCUT2D eigenvalue weighted by Gasteiger charge is -2.04. The number of aromatic nitrogens is 1. The van der Waals surface area contributed by atoms with Crippen molar-refractivity contribution in [3.05, 3.63) is 23.0 Å². The number of nitrogens with one attached hydrogen (secondary N) is 1. The quantitative estimate of drug-likeness (QED) is 0.438. The van der Waals surface area contributed by atoms with Crippen molar-refractivity contribution in [3.8, 4) is 0 Å². The highest BCUT2D eigenvalue weighted by molar-refractivity contribution is 6.31. The zero-order valence-electron chi connectivity index (χ0n) is 7.38. The Hall–Kier alpha value is -1.00. The van der Waals surface area contributed by atoms with Gasteiger partial charge in [0, 0.05) is 12.7 Å². The summed E-state index contributed by atoms with van der Waals surface area (Å²) in [6, 6.07) is 1.60. The van der Waals surface area contributed by atoms with E-state index in [0.29, 0.717) is 10.7 Å². The minimum Gasteiger partial charge on any atom is -0.342 e. The maximum atomic E-state index is 11.2. The average molecular weight is 202 g/mol. The number of nitrogen functional groups attached to an aromatic ring is 1.